The third-order valence-corrected chi connectivity index (χ3v) is 3.29. The lowest BCUT2D eigenvalue weighted by Crippen LogP contribution is -2.29. The normalized spacial score (nSPS) is 12.0. The first-order valence-corrected chi connectivity index (χ1v) is 6.64. The molecule has 0 saturated carbocycles. The van der Waals surface area contributed by atoms with Crippen molar-refractivity contribution < 1.29 is 14.6 Å². The van der Waals surface area contributed by atoms with Gasteiger partial charge in [0.05, 0.1) is 24.5 Å². The topological polar surface area (TPSA) is 87.2 Å². The van der Waals surface area contributed by atoms with Gasteiger partial charge >= 0.3 is 0 Å². The van der Waals surface area contributed by atoms with E-state index in [4.69, 9.17) is 4.74 Å². The molecule has 0 radical (unpaired) electrons. The lowest BCUT2D eigenvalue weighted by atomic mass is 10.1. The number of amides is 1. The van der Waals surface area contributed by atoms with E-state index >= 15 is 0 Å². The van der Waals surface area contributed by atoms with Crippen molar-refractivity contribution in [2.45, 2.75) is 20.0 Å². The number of H-pyrrole nitrogens is 1. The fourth-order valence-corrected chi connectivity index (χ4v) is 2.13. The largest absolute Gasteiger partial charge is 0.497 e. The van der Waals surface area contributed by atoms with E-state index in [1.165, 1.54) is 0 Å². The van der Waals surface area contributed by atoms with E-state index in [-0.39, 0.29) is 12.5 Å². The summed E-state index contributed by atoms with van der Waals surface area (Å²) in [6.07, 6.45) is -0.795. The zero-order valence-corrected chi connectivity index (χ0v) is 12.3. The van der Waals surface area contributed by atoms with Crippen molar-refractivity contribution in [3.05, 3.63) is 46.8 Å². The monoisotopic (exact) mass is 289 g/mol. The molecular formula is C15H19N3O3. The average molecular weight is 289 g/mol. The highest BCUT2D eigenvalue weighted by Gasteiger charge is 2.16. The summed E-state index contributed by atoms with van der Waals surface area (Å²) >= 11 is 0. The second-order valence-electron chi connectivity index (χ2n) is 4.81. The maximum absolute atomic E-state index is 12.1. The van der Waals surface area contributed by atoms with E-state index in [1.54, 1.807) is 45.2 Å². The van der Waals surface area contributed by atoms with Gasteiger partial charge < -0.3 is 15.2 Å². The predicted molar refractivity (Wildman–Crippen MR) is 78.3 cm³/mol. The quantitative estimate of drug-likeness (QED) is 0.778. The van der Waals surface area contributed by atoms with Gasteiger partial charge in [0.1, 0.15) is 5.75 Å². The lowest BCUT2D eigenvalue weighted by Gasteiger charge is -2.13. The van der Waals surface area contributed by atoms with Crippen molar-refractivity contribution in [2.75, 3.05) is 13.7 Å². The summed E-state index contributed by atoms with van der Waals surface area (Å²) < 4.78 is 5.11. The Morgan fingerprint density at radius 2 is 2.24 bits per heavy atom. The Bertz CT molecular complexity index is 617. The Kier molecular flexibility index (Phi) is 4.59. The molecule has 0 aliphatic carbocycles. The molecule has 1 unspecified atom stereocenters. The number of hydrogen-bond donors (Lipinski definition) is 3. The number of nitrogens with one attached hydrogen (secondary N) is 2. The van der Waals surface area contributed by atoms with Crippen LogP contribution >= 0.6 is 0 Å². The number of aromatic amines is 1. The Hall–Kier alpha value is -2.34. The molecule has 2 rings (SSSR count). The summed E-state index contributed by atoms with van der Waals surface area (Å²) in [5.41, 5.74) is 2.56. The number of carbonyl (C=O) groups excluding carboxylic acids is 1. The Morgan fingerprint density at radius 3 is 2.86 bits per heavy atom. The molecule has 21 heavy (non-hydrogen) atoms. The van der Waals surface area contributed by atoms with Crippen LogP contribution in [0.3, 0.4) is 0 Å². The fourth-order valence-electron chi connectivity index (χ4n) is 2.13. The SMILES string of the molecule is COc1cccc(C(O)CNC(=O)c2c(C)n[nH]c2C)c1. The van der Waals surface area contributed by atoms with E-state index in [2.05, 4.69) is 15.5 Å². The van der Waals surface area contributed by atoms with Crippen molar-refractivity contribution in [3.8, 4) is 5.75 Å². The molecule has 1 heterocycles. The third-order valence-electron chi connectivity index (χ3n) is 3.29. The molecule has 0 aliphatic heterocycles. The second kappa shape index (κ2) is 6.41. The zero-order valence-electron chi connectivity index (χ0n) is 12.3. The van der Waals surface area contributed by atoms with Gasteiger partial charge in [-0.15, -0.1) is 0 Å². The molecule has 0 saturated heterocycles. The van der Waals surface area contributed by atoms with E-state index in [9.17, 15) is 9.90 Å². The first-order chi connectivity index (χ1) is 10.0. The van der Waals surface area contributed by atoms with Crippen molar-refractivity contribution >= 4 is 5.91 Å². The molecule has 3 N–H and O–H groups in total. The maximum Gasteiger partial charge on any atom is 0.255 e. The zero-order chi connectivity index (χ0) is 15.4. The number of aliphatic hydroxyl groups excluding tert-OH is 1. The molecule has 1 amide bonds. The lowest BCUT2D eigenvalue weighted by molar-refractivity contribution is 0.0915. The van der Waals surface area contributed by atoms with E-state index in [1.807, 2.05) is 0 Å². The number of aliphatic hydroxyl groups is 1. The first-order valence-electron chi connectivity index (χ1n) is 6.64. The molecule has 0 fully saturated rings. The van der Waals surface area contributed by atoms with Gasteiger partial charge in [-0.3, -0.25) is 9.89 Å². The van der Waals surface area contributed by atoms with Crippen LogP contribution in [-0.4, -0.2) is 34.9 Å². The summed E-state index contributed by atoms with van der Waals surface area (Å²) in [6.45, 7) is 3.67. The number of aromatic nitrogens is 2. The van der Waals surface area contributed by atoms with Crippen LogP contribution in [0.2, 0.25) is 0 Å². The van der Waals surface area contributed by atoms with Gasteiger partial charge in [-0.1, -0.05) is 12.1 Å². The van der Waals surface area contributed by atoms with Gasteiger partial charge in [-0.05, 0) is 31.5 Å². The molecule has 0 spiro atoms. The first kappa shape index (κ1) is 15.1. The highest BCUT2D eigenvalue weighted by Crippen LogP contribution is 2.18. The van der Waals surface area contributed by atoms with Crippen LogP contribution in [0.1, 0.15) is 33.4 Å². The Labute approximate surface area is 123 Å². The van der Waals surface area contributed by atoms with Crippen molar-refractivity contribution in [3.63, 3.8) is 0 Å². The van der Waals surface area contributed by atoms with Crippen LogP contribution in [0.5, 0.6) is 5.75 Å². The standard InChI is InChI=1S/C15H19N3O3/c1-9-14(10(2)18-17-9)15(20)16-8-13(19)11-5-4-6-12(7-11)21-3/h4-7,13,19H,8H2,1-3H3,(H,16,20)(H,17,18). The molecule has 6 nitrogen and oxygen atoms in total. The molecule has 6 heteroatoms. The second-order valence-corrected chi connectivity index (χ2v) is 4.81. The number of rotatable bonds is 5. The fraction of sp³-hybridized carbons (Fsp3) is 0.333. The molecule has 0 bridgehead atoms. The van der Waals surface area contributed by atoms with Crippen LogP contribution in [-0.2, 0) is 0 Å². The molecule has 1 atom stereocenters. The Morgan fingerprint density at radius 1 is 1.48 bits per heavy atom. The highest BCUT2D eigenvalue weighted by molar-refractivity contribution is 5.96. The number of benzene rings is 1. The maximum atomic E-state index is 12.1. The number of hydrogen-bond acceptors (Lipinski definition) is 4. The van der Waals surface area contributed by atoms with Gasteiger partial charge in [-0.25, -0.2) is 0 Å². The van der Waals surface area contributed by atoms with Crippen molar-refractivity contribution in [2.24, 2.45) is 0 Å². The molecule has 112 valence electrons. The molecule has 2 aromatic rings. The average Bonchev–Trinajstić information content (AvgIpc) is 2.83. The number of ether oxygens (including phenoxy) is 1. The van der Waals surface area contributed by atoms with Gasteiger partial charge in [0.2, 0.25) is 0 Å². The minimum atomic E-state index is -0.795. The smallest absolute Gasteiger partial charge is 0.255 e. The van der Waals surface area contributed by atoms with E-state index < -0.39 is 6.10 Å². The predicted octanol–water partition coefficient (Wildman–Crippen LogP) is 1.50. The van der Waals surface area contributed by atoms with Crippen LogP contribution in [0.25, 0.3) is 0 Å². The van der Waals surface area contributed by atoms with Crippen LogP contribution < -0.4 is 10.1 Å². The van der Waals surface area contributed by atoms with Crippen molar-refractivity contribution in [1.29, 1.82) is 0 Å². The molecule has 1 aromatic carbocycles. The summed E-state index contributed by atoms with van der Waals surface area (Å²) in [7, 11) is 1.57. The number of carbonyl (C=O) groups is 1. The van der Waals surface area contributed by atoms with Crippen LogP contribution in [0.4, 0.5) is 0 Å². The van der Waals surface area contributed by atoms with Gasteiger partial charge in [0.25, 0.3) is 5.91 Å². The van der Waals surface area contributed by atoms with Crippen LogP contribution in [0, 0.1) is 13.8 Å². The van der Waals surface area contributed by atoms with Gasteiger partial charge in [0, 0.05) is 12.2 Å². The summed E-state index contributed by atoms with van der Waals surface area (Å²) in [6, 6.07) is 7.12. The van der Waals surface area contributed by atoms with E-state index in [0.29, 0.717) is 28.3 Å². The van der Waals surface area contributed by atoms with Crippen molar-refractivity contribution in [1.82, 2.24) is 15.5 Å². The van der Waals surface area contributed by atoms with E-state index in [0.717, 1.165) is 0 Å². The third kappa shape index (κ3) is 3.41. The minimum Gasteiger partial charge on any atom is -0.497 e. The van der Waals surface area contributed by atoms with Gasteiger partial charge in [-0.2, -0.15) is 5.10 Å². The van der Waals surface area contributed by atoms with Crippen LogP contribution in [0.15, 0.2) is 24.3 Å². The number of aryl methyl sites for hydroxylation is 2. The molecule has 0 aliphatic rings. The number of nitrogens with zero attached hydrogens (tertiary/aromatic N) is 1. The molecule has 1 aromatic heterocycles. The summed E-state index contributed by atoms with van der Waals surface area (Å²) in [4.78, 5) is 12.1. The Balaban J connectivity index is 2.00. The summed E-state index contributed by atoms with van der Waals surface area (Å²) in [5.74, 6) is 0.417. The molecular weight excluding hydrogens is 270 g/mol. The highest BCUT2D eigenvalue weighted by atomic mass is 16.5. The van der Waals surface area contributed by atoms with Gasteiger partial charge in [0.15, 0.2) is 0 Å². The number of methoxy groups -OCH3 is 1. The minimum absolute atomic E-state index is 0.121. The summed E-state index contributed by atoms with van der Waals surface area (Å²) in [5, 5.41) is 19.6.